The highest BCUT2D eigenvalue weighted by Gasteiger charge is 2.33. The van der Waals surface area contributed by atoms with Crippen LogP contribution in [0.2, 0.25) is 0 Å². The van der Waals surface area contributed by atoms with E-state index in [0.717, 1.165) is 47.9 Å². The van der Waals surface area contributed by atoms with Crippen molar-refractivity contribution in [2.45, 2.75) is 25.7 Å². The molecule has 2 aromatic carbocycles. The summed E-state index contributed by atoms with van der Waals surface area (Å²) in [6.07, 6.45) is 0.729. The Hall–Kier alpha value is -2.83. The SMILES string of the molecule is CN(C)c1ccc([C@@H]2NC(=O)c3c(sc4c3CCN(Cc3ccccc3)C4)N2)cc1. The van der Waals surface area contributed by atoms with E-state index in [1.54, 1.807) is 11.3 Å². The molecule has 3 heterocycles. The molecule has 0 unspecified atom stereocenters. The molecular formula is C24H26N4OS. The van der Waals surface area contributed by atoms with Gasteiger partial charge in [-0.25, -0.2) is 0 Å². The number of thiophene rings is 1. The maximum Gasteiger partial charge on any atom is 0.256 e. The molecule has 2 aliphatic rings. The summed E-state index contributed by atoms with van der Waals surface area (Å²) in [6, 6.07) is 18.9. The van der Waals surface area contributed by atoms with Gasteiger partial charge in [0.2, 0.25) is 0 Å². The molecule has 1 amide bonds. The fraction of sp³-hybridized carbons (Fsp3) is 0.292. The van der Waals surface area contributed by atoms with E-state index in [-0.39, 0.29) is 12.1 Å². The van der Waals surface area contributed by atoms with E-state index >= 15 is 0 Å². The van der Waals surface area contributed by atoms with Gasteiger partial charge in [0.15, 0.2) is 0 Å². The van der Waals surface area contributed by atoms with Crippen LogP contribution >= 0.6 is 11.3 Å². The Kier molecular flexibility index (Phi) is 4.97. The summed E-state index contributed by atoms with van der Waals surface area (Å²) < 4.78 is 0. The lowest BCUT2D eigenvalue weighted by Crippen LogP contribution is -2.38. The van der Waals surface area contributed by atoms with E-state index in [1.165, 1.54) is 16.0 Å². The van der Waals surface area contributed by atoms with Gasteiger partial charge in [-0.15, -0.1) is 11.3 Å². The maximum atomic E-state index is 13.0. The number of nitrogens with zero attached hydrogens (tertiary/aromatic N) is 2. The number of hydrogen-bond donors (Lipinski definition) is 2. The molecule has 2 aliphatic heterocycles. The number of carbonyl (C=O) groups excluding carboxylic acids is 1. The standard InChI is InChI=1S/C24H26N4OS/c1-27(2)18-10-8-17(9-11-18)22-25-23(29)21-19-12-13-28(14-16-6-4-3-5-7-16)15-20(19)30-24(21)26-22/h3-11,22,26H,12-15H2,1-2H3,(H,25,29)/t22-/m1/s1. The van der Waals surface area contributed by atoms with Gasteiger partial charge in [0.1, 0.15) is 11.2 Å². The van der Waals surface area contributed by atoms with Crippen molar-refractivity contribution in [1.29, 1.82) is 0 Å². The first-order valence-corrected chi connectivity index (χ1v) is 11.2. The number of anilines is 2. The van der Waals surface area contributed by atoms with Crippen LogP contribution in [0.1, 0.15) is 38.1 Å². The summed E-state index contributed by atoms with van der Waals surface area (Å²) in [7, 11) is 4.05. The smallest absolute Gasteiger partial charge is 0.256 e. The van der Waals surface area contributed by atoms with Crippen molar-refractivity contribution in [3.05, 3.63) is 81.7 Å². The zero-order valence-corrected chi connectivity index (χ0v) is 18.1. The molecule has 0 saturated carbocycles. The van der Waals surface area contributed by atoms with Crippen molar-refractivity contribution in [3.63, 3.8) is 0 Å². The predicted molar refractivity (Wildman–Crippen MR) is 123 cm³/mol. The van der Waals surface area contributed by atoms with Gasteiger partial charge in [0.25, 0.3) is 5.91 Å². The third-order valence-electron chi connectivity index (χ3n) is 5.91. The second-order valence-corrected chi connectivity index (χ2v) is 9.30. The number of amides is 1. The zero-order chi connectivity index (χ0) is 20.7. The normalized spacial score (nSPS) is 18.2. The van der Waals surface area contributed by atoms with Crippen LogP contribution < -0.4 is 15.5 Å². The topological polar surface area (TPSA) is 47.6 Å². The average molecular weight is 419 g/mol. The van der Waals surface area contributed by atoms with Gasteiger partial charge in [-0.3, -0.25) is 9.69 Å². The lowest BCUT2D eigenvalue weighted by Gasteiger charge is -2.28. The van der Waals surface area contributed by atoms with Crippen molar-refractivity contribution in [1.82, 2.24) is 10.2 Å². The van der Waals surface area contributed by atoms with E-state index in [4.69, 9.17) is 0 Å². The van der Waals surface area contributed by atoms with Crippen molar-refractivity contribution in [2.24, 2.45) is 0 Å². The van der Waals surface area contributed by atoms with Crippen LogP contribution in [0.25, 0.3) is 0 Å². The molecule has 0 spiro atoms. The molecule has 30 heavy (non-hydrogen) atoms. The van der Waals surface area contributed by atoms with E-state index in [2.05, 4.69) is 75.0 Å². The summed E-state index contributed by atoms with van der Waals surface area (Å²) in [5, 5.41) is 7.73. The molecule has 1 aromatic heterocycles. The predicted octanol–water partition coefficient (Wildman–Crippen LogP) is 4.23. The number of benzene rings is 2. The Morgan fingerprint density at radius 3 is 2.57 bits per heavy atom. The van der Waals surface area contributed by atoms with E-state index < -0.39 is 0 Å². The first-order valence-electron chi connectivity index (χ1n) is 10.3. The molecule has 0 bridgehead atoms. The Bertz CT molecular complexity index is 1060. The van der Waals surface area contributed by atoms with Crippen LogP contribution in [0.3, 0.4) is 0 Å². The van der Waals surface area contributed by atoms with Crippen molar-refractivity contribution < 1.29 is 4.79 Å². The summed E-state index contributed by atoms with van der Waals surface area (Å²) in [5.41, 5.74) is 5.63. The van der Waals surface area contributed by atoms with Gasteiger partial charge < -0.3 is 15.5 Å². The largest absolute Gasteiger partial charge is 0.378 e. The number of hydrogen-bond acceptors (Lipinski definition) is 5. The Balaban J connectivity index is 1.35. The van der Waals surface area contributed by atoms with Crippen LogP contribution in [0.4, 0.5) is 10.7 Å². The molecule has 0 saturated heterocycles. The molecule has 0 radical (unpaired) electrons. The summed E-state index contributed by atoms with van der Waals surface area (Å²) in [4.78, 5) is 18.8. The van der Waals surface area contributed by atoms with Crippen LogP contribution in [0.15, 0.2) is 54.6 Å². The zero-order valence-electron chi connectivity index (χ0n) is 17.3. The highest BCUT2D eigenvalue weighted by Crippen LogP contribution is 2.41. The second kappa shape index (κ2) is 7.78. The third-order valence-corrected chi connectivity index (χ3v) is 7.05. The van der Waals surface area contributed by atoms with Gasteiger partial charge in [0.05, 0.1) is 5.56 Å². The minimum atomic E-state index is -0.193. The van der Waals surface area contributed by atoms with Crippen LogP contribution in [-0.4, -0.2) is 31.4 Å². The van der Waals surface area contributed by atoms with Crippen molar-refractivity contribution >= 4 is 27.9 Å². The molecule has 5 nitrogen and oxygen atoms in total. The van der Waals surface area contributed by atoms with Crippen molar-refractivity contribution in [2.75, 3.05) is 30.9 Å². The molecule has 1 atom stereocenters. The molecule has 5 rings (SSSR count). The first kappa shape index (κ1) is 19.2. The Morgan fingerprint density at radius 2 is 1.83 bits per heavy atom. The van der Waals surface area contributed by atoms with E-state index in [9.17, 15) is 4.79 Å². The highest BCUT2D eigenvalue weighted by molar-refractivity contribution is 7.16. The number of carbonyl (C=O) groups is 1. The molecular weight excluding hydrogens is 392 g/mol. The van der Waals surface area contributed by atoms with Gasteiger partial charge in [-0.05, 0) is 35.2 Å². The Labute approximate surface area is 181 Å². The Morgan fingerprint density at radius 1 is 1.07 bits per heavy atom. The fourth-order valence-electron chi connectivity index (χ4n) is 4.28. The minimum Gasteiger partial charge on any atom is -0.378 e. The van der Waals surface area contributed by atoms with Crippen molar-refractivity contribution in [3.8, 4) is 0 Å². The molecule has 0 fully saturated rings. The quantitative estimate of drug-likeness (QED) is 0.666. The molecule has 0 aliphatic carbocycles. The third kappa shape index (κ3) is 3.57. The molecule has 6 heteroatoms. The fourth-order valence-corrected chi connectivity index (χ4v) is 5.59. The van der Waals surface area contributed by atoms with Gasteiger partial charge in [-0.1, -0.05) is 42.5 Å². The number of nitrogens with one attached hydrogen (secondary N) is 2. The van der Waals surface area contributed by atoms with Crippen LogP contribution in [0, 0.1) is 0 Å². The number of rotatable bonds is 4. The second-order valence-electron chi connectivity index (χ2n) is 8.19. The summed E-state index contributed by atoms with van der Waals surface area (Å²) in [5.74, 6) is 0.0412. The lowest BCUT2D eigenvalue weighted by molar-refractivity contribution is 0.0934. The van der Waals surface area contributed by atoms with E-state index in [1.807, 2.05) is 14.1 Å². The molecule has 3 aromatic rings. The van der Waals surface area contributed by atoms with Gasteiger partial charge in [0, 0.05) is 44.3 Å². The lowest BCUT2D eigenvalue weighted by atomic mass is 10.00. The maximum absolute atomic E-state index is 13.0. The molecule has 2 N–H and O–H groups in total. The van der Waals surface area contributed by atoms with Crippen LogP contribution in [0.5, 0.6) is 0 Å². The summed E-state index contributed by atoms with van der Waals surface area (Å²) in [6.45, 7) is 2.83. The van der Waals surface area contributed by atoms with Gasteiger partial charge in [-0.2, -0.15) is 0 Å². The number of fused-ring (bicyclic) bond motifs is 3. The first-order chi connectivity index (χ1) is 14.6. The monoisotopic (exact) mass is 418 g/mol. The summed E-state index contributed by atoms with van der Waals surface area (Å²) >= 11 is 1.74. The molecule has 154 valence electrons. The van der Waals surface area contributed by atoms with E-state index in [0.29, 0.717) is 0 Å². The minimum absolute atomic E-state index is 0.0412. The highest BCUT2D eigenvalue weighted by atomic mass is 32.1. The van der Waals surface area contributed by atoms with Crippen LogP contribution in [-0.2, 0) is 19.5 Å². The van der Waals surface area contributed by atoms with Gasteiger partial charge >= 0.3 is 0 Å². The average Bonchev–Trinajstić information content (AvgIpc) is 3.12.